The van der Waals surface area contributed by atoms with Gasteiger partial charge in [-0.1, -0.05) is 39.1 Å². The van der Waals surface area contributed by atoms with Crippen LogP contribution in [0.3, 0.4) is 0 Å². The molecule has 1 aromatic carbocycles. The largest absolute Gasteiger partial charge is 0.491 e. The maximum atomic E-state index is 8.71. The highest BCUT2D eigenvalue weighted by atomic mass is 31.1. The number of aliphatic hydroxyl groups excluding tert-OH is 1. The topological polar surface area (TPSA) is 41.5 Å². The van der Waals surface area contributed by atoms with Crippen LogP contribution in [0, 0.1) is 0 Å². The highest BCUT2D eigenvalue weighted by Gasteiger charge is 1.98. The number of hydrogen-bond donors (Lipinski definition) is 2. The highest BCUT2D eigenvalue weighted by molar-refractivity contribution is 7.34. The molecular weight excluding hydrogens is 221 g/mol. The lowest BCUT2D eigenvalue weighted by Gasteiger charge is -2.07. The van der Waals surface area contributed by atoms with Crippen LogP contribution in [-0.4, -0.2) is 31.5 Å². The molecule has 0 saturated heterocycles. The minimum atomic E-state index is 0.0383. The van der Waals surface area contributed by atoms with Gasteiger partial charge in [0.25, 0.3) is 0 Å². The lowest BCUT2D eigenvalue weighted by molar-refractivity contribution is 0.201. The molecule has 1 rings (SSSR count). The molecule has 0 saturated carbocycles. The molecule has 0 amide bonds. The van der Waals surface area contributed by atoms with Gasteiger partial charge in [0.15, 0.2) is 0 Å². The lowest BCUT2D eigenvalue weighted by atomic mass is 10.2. The molecule has 0 bridgehead atoms. The predicted molar refractivity (Wildman–Crippen MR) is 70.3 cm³/mol. The summed E-state index contributed by atoms with van der Waals surface area (Å²) in [5.41, 5.74) is 1.04. The molecule has 2 N–H and O–H groups in total. The molecule has 1 atom stereocenters. The van der Waals surface area contributed by atoms with E-state index in [0.717, 1.165) is 26.6 Å². The van der Waals surface area contributed by atoms with Crippen LogP contribution in [0.1, 0.15) is 5.56 Å². The summed E-state index contributed by atoms with van der Waals surface area (Å²) in [7, 11) is 0.757. The summed E-state index contributed by atoms with van der Waals surface area (Å²) in [4.78, 5) is 0. The molecule has 0 aliphatic heterocycles. The van der Waals surface area contributed by atoms with Crippen LogP contribution in [0.5, 0.6) is 5.75 Å². The summed E-state index contributed by atoms with van der Waals surface area (Å²) in [6.45, 7) is 3.34. The van der Waals surface area contributed by atoms with E-state index < -0.39 is 0 Å². The van der Waals surface area contributed by atoms with Gasteiger partial charge in [0, 0.05) is 12.1 Å². The molecule has 0 heterocycles. The normalized spacial score (nSPS) is 11.6. The zero-order valence-corrected chi connectivity index (χ0v) is 10.4. The van der Waals surface area contributed by atoms with E-state index >= 15 is 0 Å². The van der Waals surface area contributed by atoms with Gasteiger partial charge in [0.1, 0.15) is 12.4 Å². The maximum absolute atomic E-state index is 8.71. The molecule has 16 heavy (non-hydrogen) atoms. The van der Waals surface area contributed by atoms with E-state index in [4.69, 9.17) is 9.84 Å². The van der Waals surface area contributed by atoms with Gasteiger partial charge >= 0.3 is 0 Å². The van der Waals surface area contributed by atoms with E-state index in [1.54, 1.807) is 0 Å². The number of nitrogens with one attached hydrogen (secondary N) is 1. The third-order valence-electron chi connectivity index (χ3n) is 1.96. The average Bonchev–Trinajstić information content (AvgIpc) is 2.33. The van der Waals surface area contributed by atoms with E-state index in [1.165, 1.54) is 0 Å². The molecule has 3 nitrogen and oxygen atoms in total. The summed E-state index contributed by atoms with van der Waals surface area (Å²) in [6, 6.07) is 7.80. The van der Waals surface area contributed by atoms with Crippen LogP contribution >= 0.6 is 8.73 Å². The van der Waals surface area contributed by atoms with Gasteiger partial charge in [0.2, 0.25) is 0 Å². The van der Waals surface area contributed by atoms with E-state index in [2.05, 4.69) is 17.8 Å². The Labute approximate surface area is 98.4 Å². The Bertz CT molecular complexity index is 329. The van der Waals surface area contributed by atoms with Gasteiger partial charge in [0.05, 0.1) is 6.61 Å². The molecular formula is C12H18NO2P. The molecule has 0 aliphatic rings. The molecule has 1 aromatic rings. The fourth-order valence-electron chi connectivity index (χ4n) is 1.25. The Morgan fingerprint density at radius 1 is 1.44 bits per heavy atom. The van der Waals surface area contributed by atoms with Gasteiger partial charge in [-0.15, -0.1) is 0 Å². The van der Waals surface area contributed by atoms with Gasteiger partial charge < -0.3 is 9.84 Å². The first-order valence-electron chi connectivity index (χ1n) is 5.27. The number of para-hydroxylation sites is 1. The second kappa shape index (κ2) is 8.28. The standard InChI is InChI=1S/C12H18NO2P/c1-16-13-8-4-6-11-5-2-3-7-12(11)15-10-9-14/h2-7,13-14,16H,8-10H2,1H3/b6-4+. The predicted octanol–water partition coefficient (Wildman–Crippen LogP) is 1.88. The maximum Gasteiger partial charge on any atom is 0.126 e. The van der Waals surface area contributed by atoms with E-state index in [1.807, 2.05) is 30.3 Å². The Balaban J connectivity index is 2.59. The quantitative estimate of drug-likeness (QED) is 0.564. The lowest BCUT2D eigenvalue weighted by Crippen LogP contribution is -2.02. The molecule has 0 spiro atoms. The first-order chi connectivity index (χ1) is 7.88. The fraction of sp³-hybridized carbons (Fsp3) is 0.333. The summed E-state index contributed by atoms with van der Waals surface area (Å²) in [6.07, 6.45) is 4.09. The zero-order chi connectivity index (χ0) is 11.6. The summed E-state index contributed by atoms with van der Waals surface area (Å²) in [5.74, 6) is 0.812. The van der Waals surface area contributed by atoms with Crippen molar-refractivity contribution in [2.75, 3.05) is 26.4 Å². The molecule has 0 fully saturated rings. The van der Waals surface area contributed by atoms with Crippen molar-refractivity contribution in [2.45, 2.75) is 0 Å². The van der Waals surface area contributed by atoms with Crippen molar-refractivity contribution >= 4 is 14.8 Å². The van der Waals surface area contributed by atoms with Crippen molar-refractivity contribution in [3.63, 3.8) is 0 Å². The zero-order valence-electron chi connectivity index (χ0n) is 9.44. The monoisotopic (exact) mass is 239 g/mol. The van der Waals surface area contributed by atoms with Crippen molar-refractivity contribution in [3.8, 4) is 5.75 Å². The van der Waals surface area contributed by atoms with Gasteiger partial charge in [-0.2, -0.15) is 0 Å². The van der Waals surface area contributed by atoms with E-state index in [-0.39, 0.29) is 6.61 Å². The van der Waals surface area contributed by atoms with Crippen molar-refractivity contribution in [1.29, 1.82) is 0 Å². The molecule has 1 unspecified atom stereocenters. The second-order valence-corrected chi connectivity index (χ2v) is 4.00. The fourth-order valence-corrected chi connectivity index (χ4v) is 1.57. The number of rotatable bonds is 7. The van der Waals surface area contributed by atoms with Crippen molar-refractivity contribution in [1.82, 2.24) is 5.09 Å². The summed E-state index contributed by atoms with van der Waals surface area (Å²) in [5, 5.41) is 12.0. The minimum absolute atomic E-state index is 0.0383. The van der Waals surface area contributed by atoms with Gasteiger partial charge in [-0.3, -0.25) is 5.09 Å². The summed E-state index contributed by atoms with van der Waals surface area (Å²) < 4.78 is 5.42. The van der Waals surface area contributed by atoms with Crippen LogP contribution in [0.15, 0.2) is 30.3 Å². The molecule has 88 valence electrons. The first kappa shape index (κ1) is 13.2. The van der Waals surface area contributed by atoms with E-state index in [0.29, 0.717) is 6.61 Å². The van der Waals surface area contributed by atoms with Crippen LogP contribution in [0.2, 0.25) is 0 Å². The Kier molecular flexibility index (Phi) is 6.82. The van der Waals surface area contributed by atoms with Crippen LogP contribution in [0.25, 0.3) is 6.08 Å². The smallest absolute Gasteiger partial charge is 0.126 e. The molecule has 0 aliphatic carbocycles. The first-order valence-corrected chi connectivity index (χ1v) is 6.77. The SMILES string of the molecule is CPNC/C=C/c1ccccc1OCCO. The Morgan fingerprint density at radius 3 is 3.00 bits per heavy atom. The van der Waals surface area contributed by atoms with Crippen molar-refractivity contribution < 1.29 is 9.84 Å². The third-order valence-corrected chi connectivity index (χ3v) is 2.52. The van der Waals surface area contributed by atoms with E-state index in [9.17, 15) is 0 Å². The minimum Gasteiger partial charge on any atom is -0.491 e. The number of hydrogen-bond acceptors (Lipinski definition) is 3. The molecule has 4 heteroatoms. The third kappa shape index (κ3) is 4.75. The van der Waals surface area contributed by atoms with Crippen molar-refractivity contribution in [2.24, 2.45) is 0 Å². The second-order valence-electron chi connectivity index (χ2n) is 3.14. The Hall–Kier alpha value is -0.890. The van der Waals surface area contributed by atoms with Gasteiger partial charge in [-0.05, 0) is 12.7 Å². The van der Waals surface area contributed by atoms with Gasteiger partial charge in [-0.25, -0.2) is 0 Å². The molecule has 0 radical (unpaired) electrons. The van der Waals surface area contributed by atoms with Crippen LogP contribution in [0.4, 0.5) is 0 Å². The highest BCUT2D eigenvalue weighted by Crippen LogP contribution is 2.19. The van der Waals surface area contributed by atoms with Crippen LogP contribution < -0.4 is 9.82 Å². The number of aliphatic hydroxyl groups is 1. The number of ether oxygens (including phenoxy) is 1. The Morgan fingerprint density at radius 2 is 2.25 bits per heavy atom. The van der Waals surface area contributed by atoms with Crippen molar-refractivity contribution in [3.05, 3.63) is 35.9 Å². The molecule has 0 aromatic heterocycles. The van der Waals surface area contributed by atoms with Crippen LogP contribution in [-0.2, 0) is 0 Å². The average molecular weight is 239 g/mol. The number of benzene rings is 1. The summed E-state index contributed by atoms with van der Waals surface area (Å²) >= 11 is 0.